The lowest BCUT2D eigenvalue weighted by Crippen LogP contribution is -2.42. The number of anilines is 1. The first-order valence-electron chi connectivity index (χ1n) is 7.41. The molecule has 0 radical (unpaired) electrons. The summed E-state index contributed by atoms with van der Waals surface area (Å²) in [6.45, 7) is 4.72. The first-order valence-corrected chi connectivity index (χ1v) is 7.41. The van der Waals surface area contributed by atoms with Crippen molar-refractivity contribution >= 4 is 17.6 Å². The van der Waals surface area contributed by atoms with E-state index in [9.17, 15) is 14.7 Å². The summed E-state index contributed by atoms with van der Waals surface area (Å²) in [6, 6.07) is 5.58. The summed E-state index contributed by atoms with van der Waals surface area (Å²) in [6.07, 6.45) is 1.96. The van der Waals surface area contributed by atoms with Gasteiger partial charge in [0.05, 0.1) is 5.41 Å². The molecule has 0 unspecified atom stereocenters. The third kappa shape index (κ3) is 3.01. The molecule has 0 saturated heterocycles. The number of hydrogen-bond acceptors (Lipinski definition) is 3. The molecule has 3 N–H and O–H groups in total. The Morgan fingerprint density at radius 2 is 2.05 bits per heavy atom. The Kier molecular flexibility index (Phi) is 4.50. The van der Waals surface area contributed by atoms with Crippen LogP contribution in [0.2, 0.25) is 0 Å². The lowest BCUT2D eigenvalue weighted by Gasteiger charge is -2.26. The standard InChI is InChI=1S/C16H22N2O3/c1-3-16(4-2,15(20)21)10-18-14(19)12-6-5-11-7-8-17-13(11)9-12/h5-6,9,17H,3-4,7-8,10H2,1-2H3,(H,18,19)(H,20,21). The molecule has 1 aromatic carbocycles. The lowest BCUT2D eigenvalue weighted by molar-refractivity contribution is -0.149. The number of benzene rings is 1. The SMILES string of the molecule is CCC(CC)(CNC(=O)c1ccc2c(c1)NCC2)C(=O)O. The van der Waals surface area contributed by atoms with Crippen LogP contribution in [0.5, 0.6) is 0 Å². The molecule has 0 bridgehead atoms. The molecule has 21 heavy (non-hydrogen) atoms. The van der Waals surface area contributed by atoms with Gasteiger partial charge in [-0.2, -0.15) is 0 Å². The summed E-state index contributed by atoms with van der Waals surface area (Å²) in [5.41, 5.74) is 1.89. The summed E-state index contributed by atoms with van der Waals surface area (Å²) in [5.74, 6) is -1.08. The first kappa shape index (κ1) is 15.4. The van der Waals surface area contributed by atoms with Crippen molar-refractivity contribution in [1.29, 1.82) is 0 Å². The molecule has 0 spiro atoms. The molecule has 0 fully saturated rings. The molecular weight excluding hydrogens is 268 g/mol. The van der Waals surface area contributed by atoms with E-state index in [4.69, 9.17) is 0 Å². The molecule has 1 aliphatic heterocycles. The molecule has 5 heteroatoms. The molecule has 2 rings (SSSR count). The zero-order valence-corrected chi connectivity index (χ0v) is 12.5. The van der Waals surface area contributed by atoms with Gasteiger partial charge in [0, 0.05) is 24.3 Å². The maximum Gasteiger partial charge on any atom is 0.311 e. The average molecular weight is 290 g/mol. The van der Waals surface area contributed by atoms with Gasteiger partial charge in [0.1, 0.15) is 0 Å². The Hall–Kier alpha value is -2.04. The van der Waals surface area contributed by atoms with Crippen LogP contribution >= 0.6 is 0 Å². The molecular formula is C16H22N2O3. The molecule has 0 saturated carbocycles. The normalized spacial score (nSPS) is 13.4. The van der Waals surface area contributed by atoms with Crippen molar-refractivity contribution in [1.82, 2.24) is 5.32 Å². The minimum Gasteiger partial charge on any atom is -0.481 e. The third-order valence-corrected chi connectivity index (χ3v) is 4.48. The minimum absolute atomic E-state index is 0.151. The molecule has 0 atom stereocenters. The second-order valence-electron chi connectivity index (χ2n) is 5.52. The highest BCUT2D eigenvalue weighted by Crippen LogP contribution is 2.26. The van der Waals surface area contributed by atoms with Gasteiger partial charge in [-0.05, 0) is 37.0 Å². The van der Waals surface area contributed by atoms with E-state index in [1.165, 1.54) is 5.56 Å². The minimum atomic E-state index is -0.884. The second kappa shape index (κ2) is 6.16. The van der Waals surface area contributed by atoms with Crippen molar-refractivity contribution < 1.29 is 14.7 Å². The van der Waals surface area contributed by atoms with Gasteiger partial charge in [-0.1, -0.05) is 19.9 Å². The number of carbonyl (C=O) groups excluding carboxylic acids is 1. The summed E-state index contributed by atoms with van der Waals surface area (Å²) in [4.78, 5) is 23.6. The van der Waals surface area contributed by atoms with E-state index in [-0.39, 0.29) is 12.5 Å². The van der Waals surface area contributed by atoms with Crippen LogP contribution in [0.15, 0.2) is 18.2 Å². The topological polar surface area (TPSA) is 78.4 Å². The average Bonchev–Trinajstić information content (AvgIpc) is 2.95. The number of fused-ring (bicyclic) bond motifs is 1. The Bertz CT molecular complexity index is 550. The van der Waals surface area contributed by atoms with Gasteiger partial charge >= 0.3 is 5.97 Å². The van der Waals surface area contributed by atoms with Crippen LogP contribution < -0.4 is 10.6 Å². The molecule has 1 amide bonds. The number of carboxylic acid groups (broad SMARTS) is 1. The Morgan fingerprint density at radius 3 is 2.67 bits per heavy atom. The predicted molar refractivity (Wildman–Crippen MR) is 81.6 cm³/mol. The van der Waals surface area contributed by atoms with Gasteiger partial charge in [0.15, 0.2) is 0 Å². The zero-order valence-electron chi connectivity index (χ0n) is 12.5. The number of carbonyl (C=O) groups is 2. The summed E-state index contributed by atoms with van der Waals surface area (Å²) in [7, 11) is 0. The van der Waals surface area contributed by atoms with Gasteiger partial charge in [0.25, 0.3) is 5.91 Å². The van der Waals surface area contributed by atoms with Gasteiger partial charge in [-0.3, -0.25) is 9.59 Å². The van der Waals surface area contributed by atoms with Gasteiger partial charge in [-0.15, -0.1) is 0 Å². The van der Waals surface area contributed by atoms with Crippen LogP contribution in [0.25, 0.3) is 0 Å². The fraction of sp³-hybridized carbons (Fsp3) is 0.500. The van der Waals surface area contributed by atoms with Crippen molar-refractivity contribution in [2.45, 2.75) is 33.1 Å². The van der Waals surface area contributed by atoms with Crippen LogP contribution in [-0.4, -0.2) is 30.1 Å². The van der Waals surface area contributed by atoms with E-state index in [0.29, 0.717) is 18.4 Å². The highest BCUT2D eigenvalue weighted by molar-refractivity contribution is 5.95. The quantitative estimate of drug-likeness (QED) is 0.751. The van der Waals surface area contributed by atoms with Crippen LogP contribution in [0.3, 0.4) is 0 Å². The predicted octanol–water partition coefficient (Wildman–Crippen LogP) is 2.28. The van der Waals surface area contributed by atoms with Gasteiger partial charge < -0.3 is 15.7 Å². The molecule has 5 nitrogen and oxygen atoms in total. The molecule has 0 aliphatic carbocycles. The maximum absolute atomic E-state index is 12.2. The van der Waals surface area contributed by atoms with E-state index in [1.807, 2.05) is 26.0 Å². The summed E-state index contributed by atoms with van der Waals surface area (Å²) < 4.78 is 0. The van der Waals surface area contributed by atoms with Gasteiger partial charge in [-0.25, -0.2) is 0 Å². The number of carboxylic acids is 1. The first-order chi connectivity index (χ1) is 10.0. The number of rotatable bonds is 6. The van der Waals surface area contributed by atoms with Crippen LogP contribution in [-0.2, 0) is 11.2 Å². The maximum atomic E-state index is 12.2. The van der Waals surface area contributed by atoms with Crippen LogP contribution in [0.4, 0.5) is 5.69 Å². The fourth-order valence-corrected chi connectivity index (χ4v) is 2.66. The number of nitrogens with one attached hydrogen (secondary N) is 2. The van der Waals surface area contributed by atoms with E-state index in [0.717, 1.165) is 18.7 Å². The van der Waals surface area contributed by atoms with Crippen molar-refractivity contribution in [2.24, 2.45) is 5.41 Å². The molecule has 1 aromatic rings. The third-order valence-electron chi connectivity index (χ3n) is 4.48. The van der Waals surface area contributed by atoms with E-state index in [2.05, 4.69) is 10.6 Å². The Labute approximate surface area is 124 Å². The monoisotopic (exact) mass is 290 g/mol. The summed E-state index contributed by atoms with van der Waals surface area (Å²) in [5, 5.41) is 15.4. The smallest absolute Gasteiger partial charge is 0.311 e. The van der Waals surface area contributed by atoms with Crippen LogP contribution in [0, 0.1) is 5.41 Å². The van der Waals surface area contributed by atoms with Gasteiger partial charge in [0.2, 0.25) is 0 Å². The molecule has 1 heterocycles. The van der Waals surface area contributed by atoms with Crippen molar-refractivity contribution in [2.75, 3.05) is 18.4 Å². The van der Waals surface area contributed by atoms with E-state index in [1.54, 1.807) is 6.07 Å². The molecule has 114 valence electrons. The molecule has 1 aliphatic rings. The molecule has 0 aromatic heterocycles. The highest BCUT2D eigenvalue weighted by Gasteiger charge is 2.35. The highest BCUT2D eigenvalue weighted by atomic mass is 16.4. The summed E-state index contributed by atoms with van der Waals surface area (Å²) >= 11 is 0. The van der Waals surface area contributed by atoms with E-state index < -0.39 is 11.4 Å². The van der Waals surface area contributed by atoms with Crippen molar-refractivity contribution in [3.05, 3.63) is 29.3 Å². The Balaban J connectivity index is 2.06. The van der Waals surface area contributed by atoms with Crippen molar-refractivity contribution in [3.8, 4) is 0 Å². The lowest BCUT2D eigenvalue weighted by atomic mass is 9.82. The Morgan fingerprint density at radius 1 is 1.33 bits per heavy atom. The second-order valence-corrected chi connectivity index (χ2v) is 5.52. The van der Waals surface area contributed by atoms with Crippen LogP contribution in [0.1, 0.15) is 42.6 Å². The number of aliphatic carboxylic acids is 1. The number of amides is 1. The fourth-order valence-electron chi connectivity index (χ4n) is 2.66. The zero-order chi connectivity index (χ0) is 15.5. The van der Waals surface area contributed by atoms with E-state index >= 15 is 0 Å². The van der Waals surface area contributed by atoms with Crippen molar-refractivity contribution in [3.63, 3.8) is 0 Å². The largest absolute Gasteiger partial charge is 0.481 e. The number of hydrogen-bond donors (Lipinski definition) is 3.